The summed E-state index contributed by atoms with van der Waals surface area (Å²) in [5.74, 6) is -0.162. The van der Waals surface area contributed by atoms with Gasteiger partial charge in [0.25, 0.3) is 0 Å². The van der Waals surface area contributed by atoms with Crippen molar-refractivity contribution in [1.82, 2.24) is 10.3 Å². The first-order chi connectivity index (χ1) is 8.66. The molecule has 0 spiro atoms. The van der Waals surface area contributed by atoms with Crippen molar-refractivity contribution in [1.29, 1.82) is 0 Å². The van der Waals surface area contributed by atoms with Crippen LogP contribution in [0.25, 0.3) is 0 Å². The van der Waals surface area contributed by atoms with Gasteiger partial charge in [0.1, 0.15) is 0 Å². The average Bonchev–Trinajstić information content (AvgIpc) is 2.35. The largest absolute Gasteiger partial charge is 0.504 e. The lowest BCUT2D eigenvalue weighted by atomic mass is 10.2. The van der Waals surface area contributed by atoms with Gasteiger partial charge in [-0.1, -0.05) is 18.2 Å². The minimum Gasteiger partial charge on any atom is -0.504 e. The van der Waals surface area contributed by atoms with E-state index in [0.29, 0.717) is 18.7 Å². The molecule has 1 heterocycles. The predicted octanol–water partition coefficient (Wildman–Crippen LogP) is 2.09. The Morgan fingerprint density at radius 1 is 1.06 bits per heavy atom. The molecule has 0 aliphatic rings. The molecule has 18 heavy (non-hydrogen) atoms. The van der Waals surface area contributed by atoms with E-state index < -0.39 is 0 Å². The molecule has 3 N–H and O–H groups in total. The van der Waals surface area contributed by atoms with E-state index in [0.717, 1.165) is 11.4 Å². The highest BCUT2D eigenvalue weighted by atomic mass is 16.3. The van der Waals surface area contributed by atoms with Gasteiger partial charge in [-0.3, -0.25) is 4.98 Å². The van der Waals surface area contributed by atoms with E-state index in [4.69, 9.17) is 0 Å². The van der Waals surface area contributed by atoms with E-state index in [9.17, 15) is 10.2 Å². The Morgan fingerprint density at radius 3 is 2.61 bits per heavy atom. The summed E-state index contributed by atoms with van der Waals surface area (Å²) in [5.41, 5.74) is 2.60. The van der Waals surface area contributed by atoms with Crippen LogP contribution in [-0.4, -0.2) is 15.2 Å². The summed E-state index contributed by atoms with van der Waals surface area (Å²) in [7, 11) is 0. The number of aromatic nitrogens is 1. The smallest absolute Gasteiger partial charge is 0.161 e. The van der Waals surface area contributed by atoms with E-state index in [1.807, 2.05) is 25.1 Å². The van der Waals surface area contributed by atoms with Crippen LogP contribution in [0.3, 0.4) is 0 Å². The summed E-state index contributed by atoms with van der Waals surface area (Å²) in [5, 5.41) is 22.2. The molecular formula is C14H16N2O2. The van der Waals surface area contributed by atoms with Crippen LogP contribution in [0.1, 0.15) is 17.0 Å². The summed E-state index contributed by atoms with van der Waals surface area (Å²) in [4.78, 5) is 4.37. The van der Waals surface area contributed by atoms with E-state index in [-0.39, 0.29) is 11.5 Å². The number of rotatable bonds is 4. The third kappa shape index (κ3) is 2.99. The van der Waals surface area contributed by atoms with Gasteiger partial charge in [-0.15, -0.1) is 0 Å². The standard InChI is InChI=1S/C14H16N2O2/c1-10-4-2-6-12(16-10)9-15-8-11-5-3-7-13(17)14(11)18/h2-7,15,17-18H,8-9H2,1H3. The number of phenolic OH excluding ortho intramolecular Hbond substituents is 2. The highest BCUT2D eigenvalue weighted by Crippen LogP contribution is 2.27. The van der Waals surface area contributed by atoms with Crippen molar-refractivity contribution in [3.05, 3.63) is 53.3 Å². The second-order valence-electron chi connectivity index (χ2n) is 4.16. The molecule has 0 amide bonds. The van der Waals surface area contributed by atoms with E-state index in [2.05, 4.69) is 10.3 Å². The van der Waals surface area contributed by atoms with Crippen molar-refractivity contribution in [2.75, 3.05) is 0 Å². The van der Waals surface area contributed by atoms with Gasteiger partial charge in [-0.05, 0) is 25.1 Å². The van der Waals surface area contributed by atoms with Crippen molar-refractivity contribution in [2.24, 2.45) is 0 Å². The number of hydrogen-bond acceptors (Lipinski definition) is 4. The minimum absolute atomic E-state index is 0.0674. The molecule has 1 aromatic heterocycles. The number of nitrogens with one attached hydrogen (secondary N) is 1. The Bertz CT molecular complexity index is 541. The summed E-state index contributed by atoms with van der Waals surface area (Å²) >= 11 is 0. The normalized spacial score (nSPS) is 10.5. The lowest BCUT2D eigenvalue weighted by Gasteiger charge is -2.08. The average molecular weight is 244 g/mol. The lowest BCUT2D eigenvalue weighted by Crippen LogP contribution is -2.13. The van der Waals surface area contributed by atoms with Crippen LogP contribution in [-0.2, 0) is 13.1 Å². The molecule has 0 aliphatic heterocycles. The van der Waals surface area contributed by atoms with Gasteiger partial charge in [-0.2, -0.15) is 0 Å². The summed E-state index contributed by atoms with van der Waals surface area (Å²) in [6.45, 7) is 3.05. The summed E-state index contributed by atoms with van der Waals surface area (Å²) < 4.78 is 0. The van der Waals surface area contributed by atoms with Crippen LogP contribution in [0.4, 0.5) is 0 Å². The molecule has 1 aromatic carbocycles. The maximum Gasteiger partial charge on any atom is 0.161 e. The van der Waals surface area contributed by atoms with Gasteiger partial charge in [0.2, 0.25) is 0 Å². The first-order valence-corrected chi connectivity index (χ1v) is 5.80. The van der Waals surface area contributed by atoms with Crippen LogP contribution >= 0.6 is 0 Å². The molecule has 4 heteroatoms. The number of phenols is 2. The van der Waals surface area contributed by atoms with E-state index in [1.54, 1.807) is 12.1 Å². The van der Waals surface area contributed by atoms with E-state index in [1.165, 1.54) is 6.07 Å². The fraction of sp³-hybridized carbons (Fsp3) is 0.214. The van der Waals surface area contributed by atoms with Crippen LogP contribution < -0.4 is 5.32 Å². The Morgan fingerprint density at radius 2 is 1.83 bits per heavy atom. The summed E-state index contributed by atoms with van der Waals surface area (Å²) in [6.07, 6.45) is 0. The molecule has 2 aromatic rings. The maximum atomic E-state index is 9.63. The van der Waals surface area contributed by atoms with Crippen molar-refractivity contribution in [3.8, 4) is 11.5 Å². The van der Waals surface area contributed by atoms with Crippen LogP contribution in [0.2, 0.25) is 0 Å². The highest BCUT2D eigenvalue weighted by Gasteiger charge is 2.05. The molecule has 0 aliphatic carbocycles. The van der Waals surface area contributed by atoms with Gasteiger partial charge in [0, 0.05) is 24.3 Å². The number of nitrogens with zero attached hydrogens (tertiary/aromatic N) is 1. The fourth-order valence-corrected chi connectivity index (χ4v) is 1.74. The Kier molecular flexibility index (Phi) is 3.79. The number of pyridine rings is 1. The molecule has 0 atom stereocenters. The van der Waals surface area contributed by atoms with Gasteiger partial charge < -0.3 is 15.5 Å². The van der Waals surface area contributed by atoms with E-state index >= 15 is 0 Å². The molecule has 2 rings (SSSR count). The SMILES string of the molecule is Cc1cccc(CNCc2cccc(O)c2O)n1. The quantitative estimate of drug-likeness (QED) is 0.720. The zero-order chi connectivity index (χ0) is 13.0. The predicted molar refractivity (Wildman–Crippen MR) is 69.3 cm³/mol. The monoisotopic (exact) mass is 244 g/mol. The van der Waals surface area contributed by atoms with Crippen LogP contribution in [0, 0.1) is 6.92 Å². The number of hydrogen-bond donors (Lipinski definition) is 3. The number of aryl methyl sites for hydroxylation is 1. The minimum atomic E-state index is -0.0945. The third-order valence-electron chi connectivity index (χ3n) is 2.67. The second-order valence-corrected chi connectivity index (χ2v) is 4.16. The molecule has 0 saturated heterocycles. The van der Waals surface area contributed by atoms with Gasteiger partial charge in [0.15, 0.2) is 11.5 Å². The first-order valence-electron chi connectivity index (χ1n) is 5.80. The molecule has 0 bridgehead atoms. The van der Waals surface area contributed by atoms with Crippen molar-refractivity contribution < 1.29 is 10.2 Å². The molecule has 94 valence electrons. The Hall–Kier alpha value is -2.07. The van der Waals surface area contributed by atoms with Gasteiger partial charge in [-0.25, -0.2) is 0 Å². The second kappa shape index (κ2) is 5.51. The highest BCUT2D eigenvalue weighted by molar-refractivity contribution is 5.44. The summed E-state index contributed by atoms with van der Waals surface area (Å²) in [6, 6.07) is 10.8. The zero-order valence-corrected chi connectivity index (χ0v) is 10.2. The molecule has 0 unspecified atom stereocenters. The molecule has 0 fully saturated rings. The number of aromatic hydroxyl groups is 2. The maximum absolute atomic E-state index is 9.63. The van der Waals surface area contributed by atoms with Crippen molar-refractivity contribution >= 4 is 0 Å². The van der Waals surface area contributed by atoms with Crippen LogP contribution in [0.5, 0.6) is 11.5 Å². The third-order valence-corrected chi connectivity index (χ3v) is 2.67. The first kappa shape index (κ1) is 12.4. The zero-order valence-electron chi connectivity index (χ0n) is 10.2. The Labute approximate surface area is 106 Å². The molecule has 4 nitrogen and oxygen atoms in total. The number of benzene rings is 1. The van der Waals surface area contributed by atoms with Crippen molar-refractivity contribution in [2.45, 2.75) is 20.0 Å². The molecule has 0 radical (unpaired) electrons. The van der Waals surface area contributed by atoms with Crippen LogP contribution in [0.15, 0.2) is 36.4 Å². The van der Waals surface area contributed by atoms with Crippen molar-refractivity contribution in [3.63, 3.8) is 0 Å². The molecule has 0 saturated carbocycles. The van der Waals surface area contributed by atoms with Gasteiger partial charge >= 0.3 is 0 Å². The topological polar surface area (TPSA) is 65.4 Å². The molecular weight excluding hydrogens is 228 g/mol. The lowest BCUT2D eigenvalue weighted by molar-refractivity contribution is 0.397. The fourth-order valence-electron chi connectivity index (χ4n) is 1.74. The Balaban J connectivity index is 1.94. The number of para-hydroxylation sites is 1. The van der Waals surface area contributed by atoms with Gasteiger partial charge in [0.05, 0.1) is 5.69 Å².